The van der Waals surface area contributed by atoms with Crippen molar-refractivity contribution in [3.05, 3.63) is 52.3 Å². The molecule has 0 saturated carbocycles. The minimum atomic E-state index is -0.571. The maximum absolute atomic E-state index is 12.6. The zero-order valence-corrected chi connectivity index (χ0v) is 17.1. The van der Waals surface area contributed by atoms with Crippen LogP contribution in [0.1, 0.15) is 29.6 Å². The minimum Gasteiger partial charge on any atom is -0.462 e. The zero-order valence-electron chi connectivity index (χ0n) is 14.7. The lowest BCUT2D eigenvalue weighted by molar-refractivity contribution is -0.119. The second-order valence-corrected chi connectivity index (χ2v) is 7.59. The van der Waals surface area contributed by atoms with Crippen LogP contribution in [0.4, 0.5) is 5.69 Å². The highest BCUT2D eigenvalue weighted by Gasteiger charge is 2.23. The average Bonchev–Trinajstić information content (AvgIpc) is 3.32. The van der Waals surface area contributed by atoms with E-state index in [-0.39, 0.29) is 12.5 Å². The molecule has 0 bridgehead atoms. The van der Waals surface area contributed by atoms with Gasteiger partial charge in [0.25, 0.3) is 0 Å². The number of rotatable bonds is 6. The number of ether oxygens (including phenoxy) is 1. The van der Waals surface area contributed by atoms with Crippen molar-refractivity contribution in [3.8, 4) is 10.4 Å². The highest BCUT2D eigenvalue weighted by Crippen LogP contribution is 2.36. The molecule has 0 aliphatic rings. The molecular formula is C18H17BrN4O3S. The molecule has 2 heterocycles. The Morgan fingerprint density at radius 2 is 2.07 bits per heavy atom. The summed E-state index contributed by atoms with van der Waals surface area (Å²) in [5, 5.41) is 6.79. The van der Waals surface area contributed by atoms with E-state index in [0.29, 0.717) is 10.6 Å². The van der Waals surface area contributed by atoms with Crippen LogP contribution in [-0.2, 0) is 9.53 Å². The Morgan fingerprint density at radius 3 is 2.70 bits per heavy atom. The smallest absolute Gasteiger partial charge is 0.350 e. The SMILES string of the molecule is CCOC(=O)c1sc(-c2ccc(Br)cc2)cc1NC(=O)C(C)n1cncn1. The number of amides is 1. The monoisotopic (exact) mass is 448 g/mol. The quantitative estimate of drug-likeness (QED) is 0.572. The topological polar surface area (TPSA) is 86.1 Å². The molecule has 1 amide bonds. The van der Waals surface area contributed by atoms with Crippen molar-refractivity contribution < 1.29 is 14.3 Å². The van der Waals surface area contributed by atoms with Gasteiger partial charge in [-0.2, -0.15) is 5.10 Å². The molecule has 1 unspecified atom stereocenters. The molecule has 3 rings (SSSR count). The predicted molar refractivity (Wildman–Crippen MR) is 107 cm³/mol. The van der Waals surface area contributed by atoms with E-state index in [9.17, 15) is 9.59 Å². The standard InChI is InChI=1S/C18H17BrN4O3S/c1-3-26-18(25)16-14(22-17(24)11(2)23-10-20-9-21-23)8-15(27-16)12-4-6-13(19)7-5-12/h4-11H,3H2,1-2H3,(H,22,24). The molecule has 0 radical (unpaired) electrons. The van der Waals surface area contributed by atoms with Gasteiger partial charge < -0.3 is 10.1 Å². The molecule has 1 aromatic carbocycles. The number of esters is 1. The zero-order chi connectivity index (χ0) is 19.4. The number of hydrogen-bond acceptors (Lipinski definition) is 6. The number of hydrogen-bond donors (Lipinski definition) is 1. The van der Waals surface area contributed by atoms with Gasteiger partial charge in [-0.1, -0.05) is 28.1 Å². The van der Waals surface area contributed by atoms with Gasteiger partial charge in [0, 0.05) is 9.35 Å². The third-order valence-corrected chi connectivity index (χ3v) is 5.49. The van der Waals surface area contributed by atoms with Gasteiger partial charge in [0.15, 0.2) is 0 Å². The van der Waals surface area contributed by atoms with Crippen LogP contribution >= 0.6 is 27.3 Å². The van der Waals surface area contributed by atoms with Crippen LogP contribution in [0.5, 0.6) is 0 Å². The number of nitrogens with zero attached hydrogens (tertiary/aromatic N) is 3. The molecule has 0 fully saturated rings. The van der Waals surface area contributed by atoms with Crippen LogP contribution in [0, 0.1) is 0 Å². The van der Waals surface area contributed by atoms with E-state index in [2.05, 4.69) is 31.3 Å². The maximum Gasteiger partial charge on any atom is 0.350 e. The lowest BCUT2D eigenvalue weighted by Crippen LogP contribution is -2.24. The highest BCUT2D eigenvalue weighted by atomic mass is 79.9. The van der Waals surface area contributed by atoms with Gasteiger partial charge in [0.1, 0.15) is 23.6 Å². The second kappa shape index (κ2) is 8.45. The van der Waals surface area contributed by atoms with Gasteiger partial charge in [-0.3, -0.25) is 4.79 Å². The van der Waals surface area contributed by atoms with Crippen LogP contribution in [0.15, 0.2) is 47.5 Å². The maximum atomic E-state index is 12.6. The highest BCUT2D eigenvalue weighted by molar-refractivity contribution is 9.10. The van der Waals surface area contributed by atoms with Gasteiger partial charge in [0.2, 0.25) is 5.91 Å². The van der Waals surface area contributed by atoms with Gasteiger partial charge in [0.05, 0.1) is 12.3 Å². The van der Waals surface area contributed by atoms with Crippen LogP contribution in [-0.4, -0.2) is 33.2 Å². The first kappa shape index (κ1) is 19.2. The second-order valence-electron chi connectivity index (χ2n) is 5.62. The number of nitrogens with one attached hydrogen (secondary N) is 1. The van der Waals surface area contributed by atoms with Gasteiger partial charge in [-0.05, 0) is 37.6 Å². The number of thiophene rings is 1. The number of carbonyl (C=O) groups excluding carboxylic acids is 2. The molecule has 0 spiro atoms. The Labute approximate surface area is 168 Å². The van der Waals surface area contributed by atoms with Crippen LogP contribution in [0.2, 0.25) is 0 Å². The lowest BCUT2D eigenvalue weighted by Gasteiger charge is -2.12. The minimum absolute atomic E-state index is 0.257. The van der Waals surface area contributed by atoms with Crippen molar-refractivity contribution in [2.24, 2.45) is 0 Å². The van der Waals surface area contributed by atoms with Crippen molar-refractivity contribution in [1.29, 1.82) is 0 Å². The van der Waals surface area contributed by atoms with Crippen molar-refractivity contribution >= 4 is 44.8 Å². The first-order valence-corrected chi connectivity index (χ1v) is 9.82. The summed E-state index contributed by atoms with van der Waals surface area (Å²) in [5.74, 6) is -0.763. The van der Waals surface area contributed by atoms with Crippen molar-refractivity contribution in [2.45, 2.75) is 19.9 Å². The molecule has 7 nitrogen and oxygen atoms in total. The largest absolute Gasteiger partial charge is 0.462 e. The van der Waals surface area contributed by atoms with E-state index in [0.717, 1.165) is 14.9 Å². The molecular weight excluding hydrogens is 432 g/mol. The first-order chi connectivity index (χ1) is 13.0. The van der Waals surface area contributed by atoms with E-state index in [4.69, 9.17) is 4.74 Å². The average molecular weight is 449 g/mol. The fourth-order valence-electron chi connectivity index (χ4n) is 2.36. The van der Waals surface area contributed by atoms with Crippen molar-refractivity contribution in [3.63, 3.8) is 0 Å². The summed E-state index contributed by atoms with van der Waals surface area (Å²) < 4.78 is 7.54. The van der Waals surface area contributed by atoms with E-state index in [1.165, 1.54) is 28.7 Å². The van der Waals surface area contributed by atoms with E-state index < -0.39 is 12.0 Å². The first-order valence-electron chi connectivity index (χ1n) is 8.21. The number of benzene rings is 1. The molecule has 1 N–H and O–H groups in total. The summed E-state index contributed by atoms with van der Waals surface area (Å²) in [6, 6.07) is 8.93. The van der Waals surface area contributed by atoms with Gasteiger partial charge >= 0.3 is 5.97 Å². The molecule has 0 aliphatic heterocycles. The molecule has 27 heavy (non-hydrogen) atoms. The van der Waals surface area contributed by atoms with Crippen LogP contribution in [0.3, 0.4) is 0 Å². The number of anilines is 1. The number of aromatic nitrogens is 3. The Hall–Kier alpha value is -2.52. The summed E-state index contributed by atoms with van der Waals surface area (Å²) in [5.41, 5.74) is 1.37. The van der Waals surface area contributed by atoms with Gasteiger partial charge in [-0.15, -0.1) is 11.3 Å². The number of carbonyl (C=O) groups is 2. The third-order valence-electron chi connectivity index (χ3n) is 3.79. The molecule has 0 aliphatic carbocycles. The summed E-state index contributed by atoms with van der Waals surface area (Å²) in [6.07, 6.45) is 2.83. The third kappa shape index (κ3) is 4.42. The summed E-state index contributed by atoms with van der Waals surface area (Å²) in [4.78, 5) is 30.0. The van der Waals surface area contributed by atoms with E-state index in [1.54, 1.807) is 19.9 Å². The summed E-state index contributed by atoms with van der Waals surface area (Å²) in [6.45, 7) is 3.70. The molecule has 140 valence electrons. The van der Waals surface area contributed by atoms with E-state index in [1.807, 2.05) is 24.3 Å². The molecule has 3 aromatic rings. The van der Waals surface area contributed by atoms with Crippen molar-refractivity contribution in [2.75, 3.05) is 11.9 Å². The number of halogens is 1. The Morgan fingerprint density at radius 1 is 1.33 bits per heavy atom. The van der Waals surface area contributed by atoms with Crippen LogP contribution < -0.4 is 5.32 Å². The van der Waals surface area contributed by atoms with Gasteiger partial charge in [-0.25, -0.2) is 14.5 Å². The normalized spacial score (nSPS) is 11.8. The Bertz CT molecular complexity index is 938. The molecule has 2 aromatic heterocycles. The summed E-state index contributed by atoms with van der Waals surface area (Å²) >= 11 is 4.69. The Balaban J connectivity index is 1.91. The fraction of sp³-hybridized carbons (Fsp3) is 0.222. The summed E-state index contributed by atoms with van der Waals surface area (Å²) in [7, 11) is 0. The fourth-order valence-corrected chi connectivity index (χ4v) is 3.64. The molecule has 9 heteroatoms. The predicted octanol–water partition coefficient (Wildman–Crippen LogP) is 4.15. The Kier molecular flexibility index (Phi) is 6.02. The lowest BCUT2D eigenvalue weighted by atomic mass is 10.2. The molecule has 0 saturated heterocycles. The molecule has 1 atom stereocenters. The van der Waals surface area contributed by atoms with Crippen LogP contribution in [0.25, 0.3) is 10.4 Å². The van der Waals surface area contributed by atoms with E-state index >= 15 is 0 Å². The van der Waals surface area contributed by atoms with Crippen molar-refractivity contribution in [1.82, 2.24) is 14.8 Å².